The summed E-state index contributed by atoms with van der Waals surface area (Å²) in [7, 11) is 0. The second-order valence-corrected chi connectivity index (χ2v) is 5.45. The molecule has 0 aliphatic rings. The van der Waals surface area contributed by atoms with Gasteiger partial charge in [-0.15, -0.1) is 0 Å². The Labute approximate surface area is 133 Å². The van der Waals surface area contributed by atoms with E-state index in [0.717, 1.165) is 23.1 Å². The first-order valence-corrected chi connectivity index (χ1v) is 8.12. The number of rotatable bonds is 8. The Morgan fingerprint density at radius 3 is 2.59 bits per heavy atom. The Morgan fingerprint density at radius 2 is 1.91 bits per heavy atom. The molecule has 1 N–H and O–H groups in total. The number of pyridine rings is 1. The average Bonchev–Trinajstić information content (AvgIpc) is 2.58. The van der Waals surface area contributed by atoms with Crippen LogP contribution in [0.4, 0.5) is 0 Å². The molecular formula is C19H25NO2. The fourth-order valence-corrected chi connectivity index (χ4v) is 2.42. The highest BCUT2D eigenvalue weighted by Gasteiger charge is 2.11. The van der Waals surface area contributed by atoms with Gasteiger partial charge in [0.1, 0.15) is 0 Å². The van der Waals surface area contributed by atoms with Crippen LogP contribution in [0.2, 0.25) is 0 Å². The predicted molar refractivity (Wildman–Crippen MR) is 89.9 cm³/mol. The minimum atomic E-state index is -0.443. The van der Waals surface area contributed by atoms with E-state index < -0.39 is 6.10 Å². The first-order valence-electron chi connectivity index (χ1n) is 8.12. The van der Waals surface area contributed by atoms with Gasteiger partial charge in [0, 0.05) is 17.8 Å². The molecule has 22 heavy (non-hydrogen) atoms. The second-order valence-electron chi connectivity index (χ2n) is 5.45. The van der Waals surface area contributed by atoms with E-state index in [4.69, 9.17) is 4.74 Å². The van der Waals surface area contributed by atoms with Gasteiger partial charge in [-0.1, -0.05) is 51.0 Å². The number of aliphatic hydroxyl groups is 1. The molecule has 118 valence electrons. The van der Waals surface area contributed by atoms with Gasteiger partial charge in [0.15, 0.2) is 0 Å². The van der Waals surface area contributed by atoms with Crippen molar-refractivity contribution < 1.29 is 9.84 Å². The van der Waals surface area contributed by atoms with Crippen LogP contribution < -0.4 is 4.74 Å². The van der Waals surface area contributed by atoms with Crippen molar-refractivity contribution in [1.29, 1.82) is 0 Å². The van der Waals surface area contributed by atoms with E-state index in [-0.39, 0.29) is 0 Å². The van der Waals surface area contributed by atoms with E-state index in [1.165, 1.54) is 12.8 Å². The van der Waals surface area contributed by atoms with Crippen LogP contribution in [0, 0.1) is 0 Å². The Balaban J connectivity index is 2.10. The maximum atomic E-state index is 10.1. The summed E-state index contributed by atoms with van der Waals surface area (Å²) in [6.45, 7) is 4.87. The zero-order valence-corrected chi connectivity index (χ0v) is 13.5. The molecule has 0 fully saturated rings. The van der Waals surface area contributed by atoms with Crippen LogP contribution in [0.3, 0.4) is 0 Å². The summed E-state index contributed by atoms with van der Waals surface area (Å²) < 4.78 is 5.64. The number of benzene rings is 1. The van der Waals surface area contributed by atoms with Crippen molar-refractivity contribution in [3.63, 3.8) is 0 Å². The predicted octanol–water partition coefficient (Wildman–Crippen LogP) is 4.76. The summed E-state index contributed by atoms with van der Waals surface area (Å²) in [4.78, 5) is 4.38. The second kappa shape index (κ2) is 8.54. The third-order valence-electron chi connectivity index (χ3n) is 3.75. The summed E-state index contributed by atoms with van der Waals surface area (Å²) in [6, 6.07) is 11.8. The van der Waals surface area contributed by atoms with Gasteiger partial charge in [0.25, 0.3) is 0 Å². The van der Waals surface area contributed by atoms with E-state index in [2.05, 4.69) is 11.9 Å². The van der Waals surface area contributed by atoms with Gasteiger partial charge in [-0.3, -0.25) is 0 Å². The van der Waals surface area contributed by atoms with Gasteiger partial charge in [-0.2, -0.15) is 0 Å². The third kappa shape index (κ3) is 4.31. The normalized spacial score (nSPS) is 12.1. The van der Waals surface area contributed by atoms with Gasteiger partial charge in [0.2, 0.25) is 5.88 Å². The average molecular weight is 299 g/mol. The standard InChI is InChI=1S/C19H25NO2/c1-3-5-8-13-22-19-12-11-15(14-20-19)16-9-6-7-10-17(16)18(21)4-2/h6-7,9-12,14,18,21H,3-5,8,13H2,1-2H3. The maximum absolute atomic E-state index is 10.1. The zero-order chi connectivity index (χ0) is 15.8. The molecule has 3 nitrogen and oxygen atoms in total. The summed E-state index contributed by atoms with van der Waals surface area (Å²) in [5.74, 6) is 0.661. The van der Waals surface area contributed by atoms with Crippen molar-refractivity contribution in [1.82, 2.24) is 4.98 Å². The molecule has 0 amide bonds. The smallest absolute Gasteiger partial charge is 0.213 e. The zero-order valence-electron chi connectivity index (χ0n) is 13.5. The van der Waals surface area contributed by atoms with E-state index in [1.807, 2.05) is 49.5 Å². The van der Waals surface area contributed by atoms with Crippen LogP contribution in [-0.4, -0.2) is 16.7 Å². The minimum absolute atomic E-state index is 0.443. The molecule has 1 aromatic carbocycles. The Kier molecular flexibility index (Phi) is 6.41. The molecule has 1 unspecified atom stereocenters. The molecule has 1 aromatic heterocycles. The molecule has 0 saturated heterocycles. The molecular weight excluding hydrogens is 274 g/mol. The van der Waals surface area contributed by atoms with Gasteiger partial charge < -0.3 is 9.84 Å². The molecule has 1 heterocycles. The first kappa shape index (κ1) is 16.5. The summed E-state index contributed by atoms with van der Waals surface area (Å²) in [5, 5.41) is 10.1. The van der Waals surface area contributed by atoms with Crippen molar-refractivity contribution in [3.05, 3.63) is 48.2 Å². The largest absolute Gasteiger partial charge is 0.478 e. The quantitative estimate of drug-likeness (QED) is 0.714. The van der Waals surface area contributed by atoms with Gasteiger partial charge in [0.05, 0.1) is 12.7 Å². The number of aromatic nitrogens is 1. The van der Waals surface area contributed by atoms with E-state index in [9.17, 15) is 5.11 Å². The number of aliphatic hydroxyl groups excluding tert-OH is 1. The SMILES string of the molecule is CCCCCOc1ccc(-c2ccccc2C(O)CC)cn1. The van der Waals surface area contributed by atoms with Crippen molar-refractivity contribution in [3.8, 4) is 17.0 Å². The molecule has 0 saturated carbocycles. The lowest BCUT2D eigenvalue weighted by atomic mass is 9.96. The van der Waals surface area contributed by atoms with Crippen molar-refractivity contribution in [2.24, 2.45) is 0 Å². The number of nitrogens with zero attached hydrogens (tertiary/aromatic N) is 1. The highest BCUT2D eigenvalue weighted by molar-refractivity contribution is 5.67. The van der Waals surface area contributed by atoms with Crippen LogP contribution in [0.5, 0.6) is 5.88 Å². The van der Waals surface area contributed by atoms with Crippen LogP contribution in [0.25, 0.3) is 11.1 Å². The van der Waals surface area contributed by atoms with Crippen molar-refractivity contribution in [2.75, 3.05) is 6.61 Å². The fraction of sp³-hybridized carbons (Fsp3) is 0.421. The molecule has 2 rings (SSSR count). The number of unbranched alkanes of at least 4 members (excludes halogenated alkanes) is 2. The van der Waals surface area contributed by atoms with E-state index >= 15 is 0 Å². The lowest BCUT2D eigenvalue weighted by molar-refractivity contribution is 0.174. The van der Waals surface area contributed by atoms with Crippen LogP contribution in [0.15, 0.2) is 42.6 Å². The fourth-order valence-electron chi connectivity index (χ4n) is 2.42. The molecule has 0 spiro atoms. The van der Waals surface area contributed by atoms with Gasteiger partial charge in [-0.25, -0.2) is 4.98 Å². The first-order chi connectivity index (χ1) is 10.8. The van der Waals surface area contributed by atoms with Gasteiger partial charge >= 0.3 is 0 Å². The Morgan fingerprint density at radius 1 is 1.09 bits per heavy atom. The lowest BCUT2D eigenvalue weighted by Crippen LogP contribution is -2.00. The third-order valence-corrected chi connectivity index (χ3v) is 3.75. The Bertz CT molecular complexity index is 566. The molecule has 0 aliphatic carbocycles. The van der Waals surface area contributed by atoms with Crippen molar-refractivity contribution >= 4 is 0 Å². The number of ether oxygens (including phenoxy) is 1. The molecule has 0 radical (unpaired) electrons. The summed E-state index contributed by atoms with van der Waals surface area (Å²) >= 11 is 0. The Hall–Kier alpha value is -1.87. The molecule has 3 heteroatoms. The molecule has 2 aromatic rings. The minimum Gasteiger partial charge on any atom is -0.478 e. The van der Waals surface area contributed by atoms with E-state index in [1.54, 1.807) is 0 Å². The molecule has 1 atom stereocenters. The highest BCUT2D eigenvalue weighted by atomic mass is 16.5. The van der Waals surface area contributed by atoms with Crippen LogP contribution in [-0.2, 0) is 0 Å². The molecule has 0 bridgehead atoms. The number of hydrogen-bond acceptors (Lipinski definition) is 3. The summed E-state index contributed by atoms with van der Waals surface area (Å²) in [6.07, 6.45) is 5.50. The van der Waals surface area contributed by atoms with E-state index in [0.29, 0.717) is 18.9 Å². The van der Waals surface area contributed by atoms with Crippen LogP contribution in [0.1, 0.15) is 51.2 Å². The molecule has 0 aliphatic heterocycles. The number of hydrogen-bond donors (Lipinski definition) is 1. The topological polar surface area (TPSA) is 42.4 Å². The van der Waals surface area contributed by atoms with Gasteiger partial charge in [-0.05, 0) is 30.0 Å². The highest BCUT2D eigenvalue weighted by Crippen LogP contribution is 2.29. The lowest BCUT2D eigenvalue weighted by Gasteiger charge is -2.14. The maximum Gasteiger partial charge on any atom is 0.213 e. The van der Waals surface area contributed by atoms with Crippen molar-refractivity contribution in [2.45, 2.75) is 45.6 Å². The summed E-state index contributed by atoms with van der Waals surface area (Å²) in [5.41, 5.74) is 2.98. The monoisotopic (exact) mass is 299 g/mol. The van der Waals surface area contributed by atoms with Crippen LogP contribution >= 0.6 is 0 Å².